The first-order chi connectivity index (χ1) is 12.4. The van der Waals surface area contributed by atoms with Crippen LogP contribution in [0.2, 0.25) is 10.0 Å². The maximum atomic E-state index is 12.7. The summed E-state index contributed by atoms with van der Waals surface area (Å²) in [5.74, 6) is 7.89. The molecule has 0 aliphatic heterocycles. The fourth-order valence-corrected chi connectivity index (χ4v) is 3.18. The van der Waals surface area contributed by atoms with Crippen LogP contribution in [0.3, 0.4) is 0 Å². The molecule has 0 aromatic heterocycles. The number of hydrogen-bond acceptors (Lipinski definition) is 7. The number of benzene rings is 1. The molecule has 2 rings (SSSR count). The summed E-state index contributed by atoms with van der Waals surface area (Å²) in [5, 5.41) is 4.58. The lowest BCUT2D eigenvalue weighted by atomic mass is 9.81. The predicted molar refractivity (Wildman–Crippen MR) is 97.2 cm³/mol. The third kappa shape index (κ3) is 4.51. The Morgan fingerprint density at radius 1 is 1.31 bits per heavy atom. The average Bonchev–Trinajstić information content (AvgIpc) is 2.57. The van der Waals surface area contributed by atoms with E-state index in [1.165, 1.54) is 23.5 Å². The molecule has 8 nitrogen and oxygen atoms in total. The predicted octanol–water partition coefficient (Wildman–Crippen LogP) is 1.57. The molecule has 10 heteroatoms. The Bertz CT molecular complexity index is 738. The molecule has 0 bridgehead atoms. The van der Waals surface area contributed by atoms with Crippen LogP contribution in [0.4, 0.5) is 0 Å². The number of hydrazine groups is 1. The van der Waals surface area contributed by atoms with Gasteiger partial charge in [-0.25, -0.2) is 5.84 Å². The summed E-state index contributed by atoms with van der Waals surface area (Å²) >= 11 is 12.3. The summed E-state index contributed by atoms with van der Waals surface area (Å²) in [7, 11) is 0. The van der Waals surface area contributed by atoms with Crippen LogP contribution in [0.5, 0.6) is 5.75 Å². The highest BCUT2D eigenvalue weighted by atomic mass is 35.5. The molecule has 0 amide bonds. The van der Waals surface area contributed by atoms with Gasteiger partial charge in [0, 0.05) is 18.4 Å². The van der Waals surface area contributed by atoms with Crippen LogP contribution >= 0.6 is 23.2 Å². The lowest BCUT2D eigenvalue weighted by Crippen LogP contribution is -2.35. The lowest BCUT2D eigenvalue weighted by Gasteiger charge is -2.20. The molecule has 1 aliphatic rings. The molecular formula is C16H18Cl2N4O4. The summed E-state index contributed by atoms with van der Waals surface area (Å²) < 4.78 is 5.51. The van der Waals surface area contributed by atoms with Crippen molar-refractivity contribution < 1.29 is 19.1 Å². The van der Waals surface area contributed by atoms with E-state index in [1.54, 1.807) is 0 Å². The molecule has 1 fully saturated rings. The number of Topliss-reactive ketones (excluding diaryl/α,β-unsaturated/α-hetero) is 3. The summed E-state index contributed by atoms with van der Waals surface area (Å²) in [6.45, 7) is 0.312. The van der Waals surface area contributed by atoms with Gasteiger partial charge in [0.1, 0.15) is 18.9 Å². The van der Waals surface area contributed by atoms with Crippen molar-refractivity contribution in [3.8, 4) is 5.75 Å². The van der Waals surface area contributed by atoms with E-state index in [9.17, 15) is 14.4 Å². The van der Waals surface area contributed by atoms with Gasteiger partial charge in [-0.05, 0) is 18.6 Å². The Labute approximate surface area is 160 Å². The monoisotopic (exact) mass is 400 g/mol. The summed E-state index contributed by atoms with van der Waals surface area (Å²) in [6, 6.07) is 2.81. The molecule has 0 unspecified atom stereocenters. The maximum absolute atomic E-state index is 12.7. The number of halogens is 2. The van der Waals surface area contributed by atoms with Gasteiger partial charge in [-0.2, -0.15) is 5.10 Å². The Kier molecular flexibility index (Phi) is 6.96. The van der Waals surface area contributed by atoms with Gasteiger partial charge in [0.2, 0.25) is 0 Å². The van der Waals surface area contributed by atoms with Gasteiger partial charge in [-0.15, -0.1) is 0 Å². The number of rotatable bonds is 7. The summed E-state index contributed by atoms with van der Waals surface area (Å²) in [6.07, 6.45) is 2.07. The van der Waals surface area contributed by atoms with Crippen molar-refractivity contribution in [2.45, 2.75) is 19.3 Å². The molecule has 1 aliphatic carbocycles. The van der Waals surface area contributed by atoms with E-state index in [0.717, 1.165) is 0 Å². The number of carbonyl (C=O) groups excluding carboxylic acids is 3. The first-order valence-electron chi connectivity index (χ1n) is 7.82. The first-order valence-corrected chi connectivity index (χ1v) is 8.57. The number of nitrogens with two attached hydrogens (primary N) is 2. The third-order valence-electron chi connectivity index (χ3n) is 3.88. The van der Waals surface area contributed by atoms with Crippen LogP contribution < -0.4 is 16.4 Å². The minimum atomic E-state index is -1.31. The molecule has 0 saturated heterocycles. The molecular weight excluding hydrogens is 383 g/mol. The Balaban J connectivity index is 2.21. The smallest absolute Gasteiger partial charge is 0.182 e. The van der Waals surface area contributed by atoms with Crippen molar-refractivity contribution in [2.75, 3.05) is 13.2 Å². The van der Waals surface area contributed by atoms with Crippen LogP contribution in [0, 0.1) is 5.92 Å². The van der Waals surface area contributed by atoms with Gasteiger partial charge >= 0.3 is 0 Å². The zero-order chi connectivity index (χ0) is 19.3. The highest BCUT2D eigenvalue weighted by Gasteiger charge is 2.37. The van der Waals surface area contributed by atoms with Crippen LogP contribution in [0.1, 0.15) is 29.6 Å². The highest BCUT2D eigenvalue weighted by molar-refractivity contribution is 6.40. The van der Waals surface area contributed by atoms with E-state index in [1.807, 2.05) is 0 Å². The van der Waals surface area contributed by atoms with E-state index < -0.39 is 11.7 Å². The number of ketones is 3. The number of nitrogens with zero attached hydrogens (tertiary/aromatic N) is 2. The molecule has 0 atom stereocenters. The van der Waals surface area contributed by atoms with E-state index in [-0.39, 0.29) is 58.9 Å². The molecule has 4 N–H and O–H groups in total. The van der Waals surface area contributed by atoms with Crippen LogP contribution in [-0.2, 0) is 9.59 Å². The Morgan fingerprint density at radius 3 is 2.58 bits per heavy atom. The quantitative estimate of drug-likeness (QED) is 0.177. The fraction of sp³-hybridized carbons (Fsp3) is 0.375. The largest absolute Gasteiger partial charge is 0.489 e. The molecule has 1 aromatic rings. The zero-order valence-corrected chi connectivity index (χ0v) is 15.3. The van der Waals surface area contributed by atoms with Crippen LogP contribution in [-0.4, -0.2) is 41.8 Å². The minimum Gasteiger partial charge on any atom is -0.489 e. The van der Waals surface area contributed by atoms with Crippen molar-refractivity contribution in [3.05, 3.63) is 27.7 Å². The minimum absolute atomic E-state index is 0.0211. The van der Waals surface area contributed by atoms with Gasteiger partial charge in [0.25, 0.3) is 0 Å². The summed E-state index contributed by atoms with van der Waals surface area (Å²) in [5.41, 5.74) is 0.0211. The van der Waals surface area contributed by atoms with E-state index in [4.69, 9.17) is 39.6 Å². The van der Waals surface area contributed by atoms with E-state index in [0.29, 0.717) is 6.42 Å². The normalized spacial score (nSPS) is 15.5. The van der Waals surface area contributed by atoms with Gasteiger partial charge in [0.15, 0.2) is 23.1 Å². The SMILES string of the molecule is N/N=C\N(N)CCOc1c(Cl)ccc(C(=O)C2C(=O)CCCC2=O)c1Cl. The lowest BCUT2D eigenvalue weighted by molar-refractivity contribution is -0.133. The number of hydrazone groups is 1. The molecule has 1 saturated carbocycles. The average molecular weight is 401 g/mol. The topological polar surface area (TPSA) is 128 Å². The van der Waals surface area contributed by atoms with Crippen molar-refractivity contribution in [1.82, 2.24) is 5.01 Å². The van der Waals surface area contributed by atoms with Crippen molar-refractivity contribution in [1.29, 1.82) is 0 Å². The van der Waals surface area contributed by atoms with Gasteiger partial charge in [-0.3, -0.25) is 19.4 Å². The number of carbonyl (C=O) groups is 3. The van der Waals surface area contributed by atoms with Crippen LogP contribution in [0.25, 0.3) is 0 Å². The number of ether oxygens (including phenoxy) is 1. The second kappa shape index (κ2) is 8.98. The fourth-order valence-electron chi connectivity index (χ4n) is 2.60. The van der Waals surface area contributed by atoms with E-state index >= 15 is 0 Å². The molecule has 0 spiro atoms. The van der Waals surface area contributed by atoms with Gasteiger partial charge in [-0.1, -0.05) is 23.2 Å². The highest BCUT2D eigenvalue weighted by Crippen LogP contribution is 2.37. The van der Waals surface area contributed by atoms with Crippen molar-refractivity contribution in [3.63, 3.8) is 0 Å². The van der Waals surface area contributed by atoms with Crippen LogP contribution in [0.15, 0.2) is 17.2 Å². The number of hydrogen-bond donors (Lipinski definition) is 2. The second-order valence-corrected chi connectivity index (χ2v) is 6.46. The van der Waals surface area contributed by atoms with Gasteiger partial charge in [0.05, 0.1) is 16.6 Å². The summed E-state index contributed by atoms with van der Waals surface area (Å²) in [4.78, 5) is 36.7. The standard InChI is InChI=1S/C16H18Cl2N4O4/c17-10-5-4-9(15(25)13-11(23)2-1-3-12(13)24)14(18)16(10)26-7-6-22(20)8-21-19/h4-5,8,13H,1-3,6-7,19-20H2/b21-8-. The van der Waals surface area contributed by atoms with Crippen molar-refractivity contribution >= 4 is 46.9 Å². The molecule has 140 valence electrons. The Morgan fingerprint density at radius 2 is 1.96 bits per heavy atom. The zero-order valence-electron chi connectivity index (χ0n) is 13.8. The first kappa shape index (κ1) is 20.2. The molecule has 0 radical (unpaired) electrons. The van der Waals surface area contributed by atoms with Crippen molar-refractivity contribution in [2.24, 2.45) is 22.7 Å². The molecule has 1 aromatic carbocycles. The van der Waals surface area contributed by atoms with Gasteiger partial charge < -0.3 is 10.6 Å². The Hall–Kier alpha value is -2.16. The molecule has 26 heavy (non-hydrogen) atoms. The van der Waals surface area contributed by atoms with E-state index in [2.05, 4.69) is 5.10 Å². The molecule has 0 heterocycles. The maximum Gasteiger partial charge on any atom is 0.182 e. The third-order valence-corrected chi connectivity index (χ3v) is 4.55. The second-order valence-electron chi connectivity index (χ2n) is 5.67.